The normalized spacial score (nSPS) is 17.0. The van der Waals surface area contributed by atoms with Crippen molar-refractivity contribution in [2.75, 3.05) is 19.6 Å². The van der Waals surface area contributed by atoms with Crippen LogP contribution < -0.4 is 0 Å². The average Bonchev–Trinajstić information content (AvgIpc) is 2.40. The molecule has 1 aliphatic rings. The van der Waals surface area contributed by atoms with Gasteiger partial charge in [0.25, 0.3) is 0 Å². The van der Waals surface area contributed by atoms with E-state index in [0.29, 0.717) is 0 Å². The first kappa shape index (κ1) is 15.2. The molecule has 110 valence electrons. The molecule has 0 aromatic heterocycles. The highest BCUT2D eigenvalue weighted by molar-refractivity contribution is 5.98. The van der Waals surface area contributed by atoms with E-state index in [4.69, 9.17) is 0 Å². The predicted octanol–water partition coefficient (Wildman–Crippen LogP) is 3.77. The fraction of sp³-hybridized carbons (Fsp3) is 0.588. The van der Waals surface area contributed by atoms with Gasteiger partial charge in [-0.15, -0.1) is 0 Å². The number of ketones is 1. The van der Waals surface area contributed by atoms with Crippen molar-refractivity contribution in [1.29, 1.82) is 0 Å². The summed E-state index contributed by atoms with van der Waals surface area (Å²) < 4.78 is 13.7. The predicted molar refractivity (Wildman–Crippen MR) is 79.3 cm³/mol. The van der Waals surface area contributed by atoms with Gasteiger partial charge in [-0.25, -0.2) is 4.39 Å². The molecular formula is C17H24FNO. The van der Waals surface area contributed by atoms with Crippen molar-refractivity contribution in [3.05, 3.63) is 35.6 Å². The highest BCUT2D eigenvalue weighted by atomic mass is 19.1. The lowest BCUT2D eigenvalue weighted by Gasteiger charge is -2.32. The lowest BCUT2D eigenvalue weighted by Crippen LogP contribution is -2.37. The van der Waals surface area contributed by atoms with Gasteiger partial charge in [-0.2, -0.15) is 0 Å². The van der Waals surface area contributed by atoms with Crippen LogP contribution in [-0.4, -0.2) is 30.3 Å². The van der Waals surface area contributed by atoms with E-state index in [-0.39, 0.29) is 17.3 Å². The van der Waals surface area contributed by atoms with Crippen LogP contribution in [0.1, 0.15) is 43.5 Å². The van der Waals surface area contributed by atoms with E-state index < -0.39 is 5.82 Å². The largest absolute Gasteiger partial charge is 0.303 e. The van der Waals surface area contributed by atoms with Crippen LogP contribution in [0.15, 0.2) is 24.3 Å². The minimum absolute atomic E-state index is 0.0878. The molecule has 20 heavy (non-hydrogen) atoms. The summed E-state index contributed by atoms with van der Waals surface area (Å²) in [6, 6.07) is 6.27. The number of carbonyl (C=O) groups excluding carboxylic acids is 1. The Bertz CT molecular complexity index is 456. The highest BCUT2D eigenvalue weighted by Gasteiger charge is 2.24. The lowest BCUT2D eigenvalue weighted by atomic mass is 9.85. The Kier molecular flexibility index (Phi) is 5.30. The van der Waals surface area contributed by atoms with E-state index in [9.17, 15) is 9.18 Å². The van der Waals surface area contributed by atoms with Crippen LogP contribution in [0.2, 0.25) is 0 Å². The number of hydrogen-bond donors (Lipinski definition) is 0. The number of halogens is 1. The third-order valence-corrected chi connectivity index (χ3v) is 4.31. The summed E-state index contributed by atoms with van der Waals surface area (Å²) in [5.74, 6) is 0.138. The molecular weight excluding hydrogens is 253 g/mol. The SMILES string of the molecule is CCN(CC1CCC1)CC(C)C(=O)c1ccccc1F. The summed E-state index contributed by atoms with van der Waals surface area (Å²) in [6.07, 6.45) is 3.96. The van der Waals surface area contributed by atoms with Gasteiger partial charge in [-0.1, -0.05) is 32.4 Å². The number of Topliss-reactive ketones (excluding diaryl/α,β-unsaturated/α-hetero) is 1. The maximum atomic E-state index is 13.7. The maximum absolute atomic E-state index is 13.7. The molecule has 2 nitrogen and oxygen atoms in total. The van der Waals surface area contributed by atoms with Gasteiger partial charge in [0.05, 0.1) is 5.56 Å². The van der Waals surface area contributed by atoms with Crippen molar-refractivity contribution in [1.82, 2.24) is 4.90 Å². The number of rotatable bonds is 7. The molecule has 0 N–H and O–H groups in total. The van der Waals surface area contributed by atoms with Crippen molar-refractivity contribution in [3.63, 3.8) is 0 Å². The molecule has 0 radical (unpaired) electrons. The van der Waals surface area contributed by atoms with E-state index in [0.717, 1.165) is 25.6 Å². The molecule has 1 aromatic carbocycles. The van der Waals surface area contributed by atoms with E-state index in [1.54, 1.807) is 18.2 Å². The number of benzene rings is 1. The number of carbonyl (C=O) groups is 1. The van der Waals surface area contributed by atoms with Crippen molar-refractivity contribution >= 4 is 5.78 Å². The van der Waals surface area contributed by atoms with Crippen molar-refractivity contribution in [3.8, 4) is 0 Å². The van der Waals surface area contributed by atoms with Gasteiger partial charge >= 0.3 is 0 Å². The lowest BCUT2D eigenvalue weighted by molar-refractivity contribution is 0.0871. The molecule has 1 aliphatic carbocycles. The van der Waals surface area contributed by atoms with Gasteiger partial charge in [0, 0.05) is 19.0 Å². The molecule has 0 amide bonds. The van der Waals surface area contributed by atoms with E-state index in [1.807, 2.05) is 6.92 Å². The van der Waals surface area contributed by atoms with Gasteiger partial charge in [0.2, 0.25) is 0 Å². The third kappa shape index (κ3) is 3.66. The zero-order chi connectivity index (χ0) is 14.5. The van der Waals surface area contributed by atoms with Gasteiger partial charge < -0.3 is 4.90 Å². The number of nitrogens with zero attached hydrogens (tertiary/aromatic N) is 1. The van der Waals surface area contributed by atoms with Crippen LogP contribution >= 0.6 is 0 Å². The maximum Gasteiger partial charge on any atom is 0.169 e. The molecule has 0 spiro atoms. The molecule has 0 saturated heterocycles. The Labute approximate surface area is 121 Å². The van der Waals surface area contributed by atoms with Crippen LogP contribution in [0.4, 0.5) is 4.39 Å². The second-order valence-corrected chi connectivity index (χ2v) is 5.89. The zero-order valence-electron chi connectivity index (χ0n) is 12.4. The first-order valence-corrected chi connectivity index (χ1v) is 7.63. The second-order valence-electron chi connectivity index (χ2n) is 5.89. The summed E-state index contributed by atoms with van der Waals surface area (Å²) in [4.78, 5) is 14.6. The fourth-order valence-electron chi connectivity index (χ4n) is 2.77. The van der Waals surface area contributed by atoms with Gasteiger partial charge in [0.1, 0.15) is 5.82 Å². The molecule has 0 heterocycles. The molecule has 2 rings (SSSR count). The Hall–Kier alpha value is -1.22. The van der Waals surface area contributed by atoms with Gasteiger partial charge in [0.15, 0.2) is 5.78 Å². The topological polar surface area (TPSA) is 20.3 Å². The molecule has 3 heteroatoms. The van der Waals surface area contributed by atoms with Crippen LogP contribution in [0.25, 0.3) is 0 Å². The van der Waals surface area contributed by atoms with Gasteiger partial charge in [-0.05, 0) is 37.4 Å². The molecule has 0 aliphatic heterocycles. The fourth-order valence-corrected chi connectivity index (χ4v) is 2.77. The monoisotopic (exact) mass is 277 g/mol. The quantitative estimate of drug-likeness (QED) is 0.707. The molecule has 1 aromatic rings. The Morgan fingerprint density at radius 3 is 2.65 bits per heavy atom. The zero-order valence-corrected chi connectivity index (χ0v) is 12.4. The van der Waals surface area contributed by atoms with Gasteiger partial charge in [-0.3, -0.25) is 4.79 Å². The van der Waals surface area contributed by atoms with Crippen LogP contribution in [-0.2, 0) is 0 Å². The van der Waals surface area contributed by atoms with Crippen LogP contribution in [0, 0.1) is 17.7 Å². The first-order valence-electron chi connectivity index (χ1n) is 7.63. The van der Waals surface area contributed by atoms with Crippen molar-refractivity contribution < 1.29 is 9.18 Å². The summed E-state index contributed by atoms with van der Waals surface area (Å²) in [6.45, 7) is 6.77. The molecule has 0 bridgehead atoms. The standard InChI is InChI=1S/C17H24FNO/c1-3-19(12-14-7-6-8-14)11-13(2)17(20)15-9-4-5-10-16(15)18/h4-5,9-10,13-14H,3,6-8,11-12H2,1-2H3. The Morgan fingerprint density at radius 2 is 2.10 bits per heavy atom. The van der Waals surface area contributed by atoms with Crippen molar-refractivity contribution in [2.24, 2.45) is 11.8 Å². The first-order chi connectivity index (χ1) is 9.61. The summed E-state index contributed by atoms with van der Waals surface area (Å²) in [7, 11) is 0. The molecule has 1 fully saturated rings. The molecule has 1 atom stereocenters. The van der Waals surface area contributed by atoms with Crippen molar-refractivity contribution in [2.45, 2.75) is 33.1 Å². The highest BCUT2D eigenvalue weighted by Crippen LogP contribution is 2.27. The van der Waals surface area contributed by atoms with Crippen LogP contribution in [0.5, 0.6) is 0 Å². The Morgan fingerprint density at radius 1 is 1.40 bits per heavy atom. The van der Waals surface area contributed by atoms with E-state index >= 15 is 0 Å². The Balaban J connectivity index is 1.93. The van der Waals surface area contributed by atoms with Crippen LogP contribution in [0.3, 0.4) is 0 Å². The minimum atomic E-state index is -0.411. The molecule has 1 unspecified atom stereocenters. The molecule has 1 saturated carbocycles. The van der Waals surface area contributed by atoms with E-state index in [1.165, 1.54) is 25.3 Å². The second kappa shape index (κ2) is 6.98. The summed E-state index contributed by atoms with van der Waals surface area (Å²) in [5.41, 5.74) is 0.222. The minimum Gasteiger partial charge on any atom is -0.303 e. The average molecular weight is 277 g/mol. The smallest absolute Gasteiger partial charge is 0.169 e. The third-order valence-electron chi connectivity index (χ3n) is 4.31. The summed E-state index contributed by atoms with van der Waals surface area (Å²) in [5, 5.41) is 0. The summed E-state index contributed by atoms with van der Waals surface area (Å²) >= 11 is 0. The van der Waals surface area contributed by atoms with E-state index in [2.05, 4.69) is 11.8 Å². The number of hydrogen-bond acceptors (Lipinski definition) is 2.